The van der Waals surface area contributed by atoms with E-state index in [1.165, 1.54) is 11.3 Å². The SMILES string of the molecule is CN(C)C(=O)C1CCN(C(=O)c2cncs2)CC1. The van der Waals surface area contributed by atoms with Crippen molar-refractivity contribution >= 4 is 23.2 Å². The van der Waals surface area contributed by atoms with Gasteiger partial charge in [0.05, 0.1) is 11.7 Å². The van der Waals surface area contributed by atoms with Crippen LogP contribution < -0.4 is 0 Å². The number of carbonyl (C=O) groups excluding carboxylic acids is 2. The van der Waals surface area contributed by atoms with Gasteiger partial charge in [-0.1, -0.05) is 0 Å². The van der Waals surface area contributed by atoms with Crippen LogP contribution in [-0.4, -0.2) is 53.8 Å². The Bertz CT molecular complexity index is 423. The van der Waals surface area contributed by atoms with Crippen molar-refractivity contribution in [2.24, 2.45) is 5.92 Å². The fourth-order valence-electron chi connectivity index (χ4n) is 2.17. The molecule has 0 N–H and O–H groups in total. The van der Waals surface area contributed by atoms with Crippen molar-refractivity contribution in [1.82, 2.24) is 14.8 Å². The molecular formula is C12H17N3O2S. The van der Waals surface area contributed by atoms with Gasteiger partial charge in [-0.25, -0.2) is 0 Å². The molecule has 0 aromatic carbocycles. The molecule has 2 rings (SSSR count). The first-order valence-corrected chi connectivity index (χ1v) is 6.86. The molecule has 2 heterocycles. The second kappa shape index (κ2) is 5.48. The van der Waals surface area contributed by atoms with E-state index in [2.05, 4.69) is 4.98 Å². The van der Waals surface area contributed by atoms with Gasteiger partial charge in [-0.05, 0) is 12.8 Å². The van der Waals surface area contributed by atoms with Crippen LogP contribution in [0.3, 0.4) is 0 Å². The van der Waals surface area contributed by atoms with E-state index in [-0.39, 0.29) is 17.7 Å². The van der Waals surface area contributed by atoms with E-state index in [1.807, 2.05) is 4.90 Å². The molecule has 1 aromatic rings. The second-order valence-electron chi connectivity index (χ2n) is 4.66. The van der Waals surface area contributed by atoms with Crippen LogP contribution in [0, 0.1) is 5.92 Å². The quantitative estimate of drug-likeness (QED) is 0.806. The van der Waals surface area contributed by atoms with E-state index < -0.39 is 0 Å². The lowest BCUT2D eigenvalue weighted by molar-refractivity contribution is -0.134. The summed E-state index contributed by atoms with van der Waals surface area (Å²) in [5, 5.41) is 0. The van der Waals surface area contributed by atoms with Crippen LogP contribution in [0.5, 0.6) is 0 Å². The van der Waals surface area contributed by atoms with E-state index in [1.54, 1.807) is 30.7 Å². The third kappa shape index (κ3) is 2.69. The van der Waals surface area contributed by atoms with E-state index in [4.69, 9.17) is 0 Å². The number of thiazole rings is 1. The van der Waals surface area contributed by atoms with Gasteiger partial charge in [0.2, 0.25) is 5.91 Å². The Morgan fingerprint density at radius 1 is 1.39 bits per heavy atom. The number of hydrogen-bond acceptors (Lipinski definition) is 4. The van der Waals surface area contributed by atoms with Crippen molar-refractivity contribution in [1.29, 1.82) is 0 Å². The van der Waals surface area contributed by atoms with Crippen LogP contribution in [-0.2, 0) is 4.79 Å². The molecule has 1 aliphatic heterocycles. The number of likely N-dealkylation sites (tertiary alicyclic amines) is 1. The Kier molecular flexibility index (Phi) is 3.96. The number of carbonyl (C=O) groups is 2. The maximum absolute atomic E-state index is 12.1. The summed E-state index contributed by atoms with van der Waals surface area (Å²) in [7, 11) is 3.55. The van der Waals surface area contributed by atoms with Crippen molar-refractivity contribution in [2.75, 3.05) is 27.2 Å². The van der Waals surface area contributed by atoms with E-state index >= 15 is 0 Å². The summed E-state index contributed by atoms with van der Waals surface area (Å²) >= 11 is 1.36. The van der Waals surface area contributed by atoms with Gasteiger partial charge in [0.25, 0.3) is 5.91 Å². The van der Waals surface area contributed by atoms with Crippen molar-refractivity contribution in [3.8, 4) is 0 Å². The van der Waals surface area contributed by atoms with Crippen LogP contribution >= 0.6 is 11.3 Å². The Morgan fingerprint density at radius 2 is 2.06 bits per heavy atom. The van der Waals surface area contributed by atoms with Gasteiger partial charge < -0.3 is 9.80 Å². The molecule has 0 atom stereocenters. The summed E-state index contributed by atoms with van der Waals surface area (Å²) in [6.07, 6.45) is 3.10. The van der Waals surface area contributed by atoms with Crippen LogP contribution in [0.4, 0.5) is 0 Å². The largest absolute Gasteiger partial charge is 0.349 e. The lowest BCUT2D eigenvalue weighted by atomic mass is 9.95. The molecule has 0 aliphatic carbocycles. The molecule has 0 spiro atoms. The highest BCUT2D eigenvalue weighted by atomic mass is 32.1. The van der Waals surface area contributed by atoms with Gasteiger partial charge >= 0.3 is 0 Å². The zero-order valence-corrected chi connectivity index (χ0v) is 11.4. The summed E-state index contributed by atoms with van der Waals surface area (Å²) in [5.74, 6) is 0.263. The second-order valence-corrected chi connectivity index (χ2v) is 5.55. The van der Waals surface area contributed by atoms with Crippen molar-refractivity contribution in [3.05, 3.63) is 16.6 Å². The van der Waals surface area contributed by atoms with Crippen molar-refractivity contribution in [3.63, 3.8) is 0 Å². The molecule has 1 fully saturated rings. The molecule has 0 radical (unpaired) electrons. The van der Waals surface area contributed by atoms with Gasteiger partial charge in [0, 0.05) is 33.1 Å². The van der Waals surface area contributed by atoms with Crippen molar-refractivity contribution in [2.45, 2.75) is 12.8 Å². The number of rotatable bonds is 2. The first-order valence-electron chi connectivity index (χ1n) is 5.98. The summed E-state index contributed by atoms with van der Waals surface area (Å²) in [6.45, 7) is 1.31. The summed E-state index contributed by atoms with van der Waals surface area (Å²) < 4.78 is 0. The molecule has 98 valence electrons. The molecule has 0 bridgehead atoms. The lowest BCUT2D eigenvalue weighted by Crippen LogP contribution is -2.42. The normalized spacial score (nSPS) is 16.7. The number of aromatic nitrogens is 1. The predicted molar refractivity (Wildman–Crippen MR) is 69.4 cm³/mol. The average Bonchev–Trinajstić information content (AvgIpc) is 2.91. The Hall–Kier alpha value is -1.43. The lowest BCUT2D eigenvalue weighted by Gasteiger charge is -2.32. The number of hydrogen-bond donors (Lipinski definition) is 0. The Balaban J connectivity index is 1.91. The summed E-state index contributed by atoms with van der Waals surface area (Å²) in [6, 6.07) is 0. The molecule has 0 saturated carbocycles. The zero-order chi connectivity index (χ0) is 13.1. The monoisotopic (exact) mass is 267 g/mol. The first-order chi connectivity index (χ1) is 8.59. The molecule has 1 aliphatic rings. The first kappa shape index (κ1) is 13.0. The molecule has 5 nitrogen and oxygen atoms in total. The van der Waals surface area contributed by atoms with E-state index in [9.17, 15) is 9.59 Å². The van der Waals surface area contributed by atoms with Crippen LogP contribution in [0.1, 0.15) is 22.5 Å². The molecule has 1 saturated heterocycles. The number of amides is 2. The van der Waals surface area contributed by atoms with E-state index in [0.717, 1.165) is 12.8 Å². The number of piperidine rings is 1. The third-order valence-corrected chi connectivity index (χ3v) is 3.98. The minimum Gasteiger partial charge on any atom is -0.349 e. The molecule has 18 heavy (non-hydrogen) atoms. The van der Waals surface area contributed by atoms with Crippen molar-refractivity contribution < 1.29 is 9.59 Å². The Labute approximate surface area is 110 Å². The van der Waals surface area contributed by atoms with Gasteiger partial charge in [-0.2, -0.15) is 0 Å². The highest BCUT2D eigenvalue weighted by Gasteiger charge is 2.28. The standard InChI is InChI=1S/C12H17N3O2S/c1-14(2)11(16)9-3-5-15(6-4-9)12(17)10-7-13-8-18-10/h7-9H,3-6H2,1-2H3. The number of nitrogens with zero attached hydrogens (tertiary/aromatic N) is 3. The minimum atomic E-state index is 0.0354. The molecule has 0 unspecified atom stereocenters. The molecule has 1 aromatic heterocycles. The topological polar surface area (TPSA) is 53.5 Å². The Morgan fingerprint density at radius 3 is 2.56 bits per heavy atom. The molecular weight excluding hydrogens is 250 g/mol. The van der Waals surface area contributed by atoms with E-state index in [0.29, 0.717) is 18.0 Å². The fraction of sp³-hybridized carbons (Fsp3) is 0.583. The van der Waals surface area contributed by atoms with Crippen LogP contribution in [0.2, 0.25) is 0 Å². The smallest absolute Gasteiger partial charge is 0.265 e. The highest BCUT2D eigenvalue weighted by Crippen LogP contribution is 2.21. The average molecular weight is 267 g/mol. The van der Waals surface area contributed by atoms with Gasteiger partial charge in [0.15, 0.2) is 0 Å². The fourth-order valence-corrected chi connectivity index (χ4v) is 2.76. The maximum atomic E-state index is 12.1. The minimum absolute atomic E-state index is 0.0354. The van der Waals surface area contributed by atoms with Crippen LogP contribution in [0.15, 0.2) is 11.7 Å². The zero-order valence-electron chi connectivity index (χ0n) is 10.6. The maximum Gasteiger partial charge on any atom is 0.265 e. The van der Waals surface area contributed by atoms with Crippen LogP contribution in [0.25, 0.3) is 0 Å². The third-order valence-electron chi connectivity index (χ3n) is 3.22. The molecule has 2 amide bonds. The van der Waals surface area contributed by atoms with Gasteiger partial charge in [-0.15, -0.1) is 11.3 Å². The summed E-state index contributed by atoms with van der Waals surface area (Å²) in [5.41, 5.74) is 1.66. The van der Waals surface area contributed by atoms with Gasteiger partial charge in [-0.3, -0.25) is 14.6 Å². The molecule has 6 heteroatoms. The van der Waals surface area contributed by atoms with Gasteiger partial charge in [0.1, 0.15) is 4.88 Å². The highest BCUT2D eigenvalue weighted by molar-refractivity contribution is 7.11. The summed E-state index contributed by atoms with van der Waals surface area (Å²) in [4.78, 5) is 31.9. The predicted octanol–water partition coefficient (Wildman–Crippen LogP) is 1.08.